The van der Waals surface area contributed by atoms with E-state index in [1.54, 1.807) is 30.3 Å². The van der Waals surface area contributed by atoms with Gasteiger partial charge in [-0.05, 0) is 29.8 Å². The van der Waals surface area contributed by atoms with Crippen molar-refractivity contribution in [2.45, 2.75) is 6.61 Å². The highest BCUT2D eigenvalue weighted by Crippen LogP contribution is 2.23. The summed E-state index contributed by atoms with van der Waals surface area (Å²) >= 11 is 11.8. The minimum absolute atomic E-state index is 0.00186. The predicted octanol–water partition coefficient (Wildman–Crippen LogP) is 3.51. The van der Waals surface area contributed by atoms with Gasteiger partial charge in [0.05, 0.1) is 15.7 Å². The molecule has 3 aromatic rings. The van der Waals surface area contributed by atoms with E-state index in [-0.39, 0.29) is 18.1 Å². The Morgan fingerprint density at radius 2 is 1.83 bits per heavy atom. The van der Waals surface area contributed by atoms with Gasteiger partial charge in [0.25, 0.3) is 0 Å². The molecule has 2 aromatic carbocycles. The van der Waals surface area contributed by atoms with E-state index in [2.05, 4.69) is 10.2 Å². The molecule has 0 aliphatic rings. The average molecular weight is 363 g/mol. The lowest BCUT2D eigenvalue weighted by molar-refractivity contribution is 0.0466. The number of carbonyl (C=O) groups excluding carboxylic acids is 1. The number of halogens is 2. The lowest BCUT2D eigenvalue weighted by atomic mass is 10.2. The van der Waals surface area contributed by atoms with E-state index >= 15 is 0 Å². The summed E-state index contributed by atoms with van der Waals surface area (Å²) in [5, 5.41) is 8.93. The van der Waals surface area contributed by atoms with Crippen LogP contribution in [0.5, 0.6) is 0 Å². The summed E-state index contributed by atoms with van der Waals surface area (Å²) in [6.45, 7) is 0.0212. The third-order valence-corrected chi connectivity index (χ3v) is 3.91. The molecule has 6 nitrogen and oxygen atoms in total. The van der Waals surface area contributed by atoms with Gasteiger partial charge in [-0.1, -0.05) is 47.5 Å². The lowest BCUT2D eigenvalue weighted by Crippen LogP contribution is -2.09. The molecule has 0 saturated heterocycles. The number of carbonyl (C=O) groups is 1. The summed E-state index contributed by atoms with van der Waals surface area (Å²) in [7, 11) is 0. The number of esters is 1. The van der Waals surface area contributed by atoms with E-state index in [4.69, 9.17) is 33.7 Å². The molecule has 1 heterocycles. The standard InChI is InChI=1S/C16H12Cl2N4O2/c17-12-7-6-10(8-13(12)18)9-24-16(23)14-15(19)21-22(20-14)11-4-2-1-3-5-11/h1-8H,9H2,(H2,19,21). The molecule has 2 N–H and O–H groups in total. The second-order valence-electron chi connectivity index (χ2n) is 4.88. The number of nitrogens with zero attached hydrogens (tertiary/aromatic N) is 3. The Morgan fingerprint density at radius 3 is 2.54 bits per heavy atom. The van der Waals surface area contributed by atoms with Crippen LogP contribution >= 0.6 is 23.2 Å². The number of hydrogen-bond donors (Lipinski definition) is 1. The maximum atomic E-state index is 12.2. The number of benzene rings is 2. The van der Waals surface area contributed by atoms with Crippen LogP contribution in [0.25, 0.3) is 5.69 Å². The maximum absolute atomic E-state index is 12.2. The minimum Gasteiger partial charge on any atom is -0.456 e. The number of ether oxygens (including phenoxy) is 1. The highest BCUT2D eigenvalue weighted by Gasteiger charge is 2.19. The smallest absolute Gasteiger partial charge is 0.363 e. The fourth-order valence-corrected chi connectivity index (χ4v) is 2.31. The van der Waals surface area contributed by atoms with Crippen LogP contribution in [0.1, 0.15) is 16.1 Å². The predicted molar refractivity (Wildman–Crippen MR) is 91.4 cm³/mol. The van der Waals surface area contributed by atoms with Crippen LogP contribution in [0.3, 0.4) is 0 Å². The molecular formula is C16H12Cl2N4O2. The van der Waals surface area contributed by atoms with Crippen molar-refractivity contribution in [3.63, 3.8) is 0 Å². The van der Waals surface area contributed by atoms with Crippen molar-refractivity contribution in [1.82, 2.24) is 15.0 Å². The summed E-state index contributed by atoms with van der Waals surface area (Å²) < 4.78 is 5.20. The number of hydrogen-bond acceptors (Lipinski definition) is 5. The topological polar surface area (TPSA) is 83.0 Å². The van der Waals surface area contributed by atoms with Crippen LogP contribution in [-0.4, -0.2) is 21.0 Å². The summed E-state index contributed by atoms with van der Waals surface area (Å²) in [5.41, 5.74) is 7.10. The molecule has 0 atom stereocenters. The fourth-order valence-electron chi connectivity index (χ4n) is 1.99. The van der Waals surface area contributed by atoms with Crippen molar-refractivity contribution in [1.29, 1.82) is 0 Å². The normalized spacial score (nSPS) is 10.6. The number of rotatable bonds is 4. The molecule has 0 fully saturated rings. The first-order chi connectivity index (χ1) is 11.5. The number of nitrogen functional groups attached to an aromatic ring is 1. The molecule has 0 aliphatic heterocycles. The molecule has 0 saturated carbocycles. The third kappa shape index (κ3) is 3.50. The Balaban J connectivity index is 1.73. The number of para-hydroxylation sites is 1. The van der Waals surface area contributed by atoms with Gasteiger partial charge in [-0.3, -0.25) is 0 Å². The molecule has 0 bridgehead atoms. The van der Waals surface area contributed by atoms with Gasteiger partial charge >= 0.3 is 5.97 Å². The number of anilines is 1. The number of nitrogens with two attached hydrogens (primary N) is 1. The molecule has 8 heteroatoms. The zero-order chi connectivity index (χ0) is 17.1. The van der Waals surface area contributed by atoms with Gasteiger partial charge in [-0.2, -0.15) is 0 Å². The second-order valence-corrected chi connectivity index (χ2v) is 5.70. The van der Waals surface area contributed by atoms with E-state index in [1.165, 1.54) is 4.80 Å². The first-order valence-electron chi connectivity index (χ1n) is 6.94. The number of aromatic nitrogens is 3. The Hall–Kier alpha value is -2.57. The summed E-state index contributed by atoms with van der Waals surface area (Å²) in [6.07, 6.45) is 0. The van der Waals surface area contributed by atoms with Crippen molar-refractivity contribution < 1.29 is 9.53 Å². The minimum atomic E-state index is -0.666. The molecular weight excluding hydrogens is 351 g/mol. The van der Waals surface area contributed by atoms with Crippen LogP contribution in [-0.2, 0) is 11.3 Å². The molecule has 0 spiro atoms. The molecule has 122 valence electrons. The van der Waals surface area contributed by atoms with Crippen LogP contribution in [0.15, 0.2) is 48.5 Å². The maximum Gasteiger partial charge on any atom is 0.363 e. The summed E-state index contributed by atoms with van der Waals surface area (Å²) in [4.78, 5) is 13.4. The van der Waals surface area contributed by atoms with Crippen molar-refractivity contribution >= 4 is 35.0 Å². The van der Waals surface area contributed by atoms with E-state index in [0.717, 1.165) is 0 Å². The average Bonchev–Trinajstić information content (AvgIpc) is 2.98. The van der Waals surface area contributed by atoms with Gasteiger partial charge < -0.3 is 10.5 Å². The molecule has 1 aromatic heterocycles. The van der Waals surface area contributed by atoms with Crippen LogP contribution < -0.4 is 5.73 Å². The summed E-state index contributed by atoms with van der Waals surface area (Å²) in [6, 6.07) is 14.1. The molecule has 0 unspecified atom stereocenters. The highest BCUT2D eigenvalue weighted by molar-refractivity contribution is 6.42. The van der Waals surface area contributed by atoms with Gasteiger partial charge in [0.2, 0.25) is 5.69 Å². The Kier molecular flexibility index (Phi) is 4.69. The SMILES string of the molecule is Nc1nn(-c2ccccc2)nc1C(=O)OCc1ccc(Cl)c(Cl)c1. The molecule has 0 aliphatic carbocycles. The van der Waals surface area contributed by atoms with E-state index in [0.29, 0.717) is 21.3 Å². The van der Waals surface area contributed by atoms with Gasteiger partial charge in [-0.25, -0.2) is 4.79 Å². The third-order valence-electron chi connectivity index (χ3n) is 3.17. The summed E-state index contributed by atoms with van der Waals surface area (Å²) in [5.74, 6) is -0.668. The van der Waals surface area contributed by atoms with Gasteiger partial charge in [0, 0.05) is 0 Å². The van der Waals surface area contributed by atoms with Crippen LogP contribution in [0.2, 0.25) is 10.0 Å². The molecule has 0 radical (unpaired) electrons. The zero-order valence-electron chi connectivity index (χ0n) is 12.3. The lowest BCUT2D eigenvalue weighted by Gasteiger charge is -2.04. The Labute approximate surface area is 147 Å². The van der Waals surface area contributed by atoms with Crippen molar-refractivity contribution in [3.05, 3.63) is 69.8 Å². The van der Waals surface area contributed by atoms with Crippen molar-refractivity contribution in [3.8, 4) is 5.69 Å². The van der Waals surface area contributed by atoms with Gasteiger partial charge in [-0.15, -0.1) is 15.0 Å². The Bertz CT molecular complexity index is 881. The first kappa shape index (κ1) is 16.3. The monoisotopic (exact) mass is 362 g/mol. The van der Waals surface area contributed by atoms with E-state index < -0.39 is 5.97 Å². The second kappa shape index (κ2) is 6.90. The largest absolute Gasteiger partial charge is 0.456 e. The van der Waals surface area contributed by atoms with E-state index in [9.17, 15) is 4.79 Å². The quantitative estimate of drug-likeness (QED) is 0.718. The van der Waals surface area contributed by atoms with Gasteiger partial charge in [0.1, 0.15) is 6.61 Å². The van der Waals surface area contributed by atoms with E-state index in [1.807, 2.05) is 18.2 Å². The van der Waals surface area contributed by atoms with Crippen LogP contribution in [0.4, 0.5) is 5.82 Å². The first-order valence-corrected chi connectivity index (χ1v) is 7.69. The fraction of sp³-hybridized carbons (Fsp3) is 0.0625. The van der Waals surface area contributed by atoms with Crippen molar-refractivity contribution in [2.75, 3.05) is 5.73 Å². The van der Waals surface area contributed by atoms with Crippen molar-refractivity contribution in [2.24, 2.45) is 0 Å². The molecule has 0 amide bonds. The van der Waals surface area contributed by atoms with Crippen LogP contribution in [0, 0.1) is 0 Å². The molecule has 24 heavy (non-hydrogen) atoms. The highest BCUT2D eigenvalue weighted by atomic mass is 35.5. The Morgan fingerprint density at radius 1 is 1.08 bits per heavy atom. The van der Waals surface area contributed by atoms with Gasteiger partial charge in [0.15, 0.2) is 5.82 Å². The molecule has 3 rings (SSSR count). The zero-order valence-corrected chi connectivity index (χ0v) is 13.8.